The van der Waals surface area contributed by atoms with Crippen molar-refractivity contribution in [1.29, 1.82) is 0 Å². The van der Waals surface area contributed by atoms with E-state index in [0.717, 1.165) is 83.5 Å². The number of nitrogens with one attached hydrogen (secondary N) is 1. The highest BCUT2D eigenvalue weighted by molar-refractivity contribution is 5.76. The van der Waals surface area contributed by atoms with E-state index in [9.17, 15) is 15.0 Å². The van der Waals surface area contributed by atoms with Gasteiger partial charge in [-0.15, -0.1) is 0 Å². The number of aliphatic hydroxyl groups is 2. The molecule has 0 bridgehead atoms. The molecule has 4 heteroatoms. The van der Waals surface area contributed by atoms with E-state index in [-0.39, 0.29) is 12.5 Å². The molecule has 0 rings (SSSR count). The Morgan fingerprint density at radius 3 is 0.892 bits per heavy atom. The largest absolute Gasteiger partial charge is 0.394 e. The zero-order valence-corrected chi connectivity index (χ0v) is 49.1. The predicted octanol–water partition coefficient (Wildman–Crippen LogP) is 21.8. The molecule has 0 fully saturated rings. The average Bonchev–Trinajstić information content (AvgIpc) is 3.40. The summed E-state index contributed by atoms with van der Waals surface area (Å²) in [7, 11) is 0. The van der Waals surface area contributed by atoms with Crippen LogP contribution in [0.4, 0.5) is 0 Å². The van der Waals surface area contributed by atoms with E-state index >= 15 is 0 Å². The van der Waals surface area contributed by atoms with Crippen LogP contribution in [0.5, 0.6) is 0 Å². The SMILES string of the molecule is CC/C=C\C/C=C\C/C=C\C/C=C\C/C=C\C/C=C\C/C=C\C/C=C\C/C=C\CCCCCCCCCCCCCCCC(=O)NC(CO)C(O)CCCCCCCCCCCCCCCCCCCCCCC. The molecule has 2 atom stereocenters. The van der Waals surface area contributed by atoms with Gasteiger partial charge in [0.1, 0.15) is 0 Å². The number of carbonyl (C=O) groups is 1. The van der Waals surface area contributed by atoms with Gasteiger partial charge >= 0.3 is 0 Å². The Morgan fingerprint density at radius 1 is 0.338 bits per heavy atom. The normalized spacial score (nSPS) is 13.5. The Labute approximate surface area is 461 Å². The van der Waals surface area contributed by atoms with Crippen LogP contribution in [0.25, 0.3) is 0 Å². The molecule has 4 nitrogen and oxygen atoms in total. The van der Waals surface area contributed by atoms with E-state index in [1.54, 1.807) is 0 Å². The molecule has 0 heterocycles. The molecule has 3 N–H and O–H groups in total. The van der Waals surface area contributed by atoms with E-state index in [2.05, 4.69) is 129 Å². The van der Waals surface area contributed by atoms with E-state index < -0.39 is 12.1 Å². The van der Waals surface area contributed by atoms with Crippen molar-refractivity contribution in [2.45, 2.75) is 321 Å². The van der Waals surface area contributed by atoms with Gasteiger partial charge in [0.05, 0.1) is 18.8 Å². The molecule has 0 saturated heterocycles. The van der Waals surface area contributed by atoms with Gasteiger partial charge in [-0.25, -0.2) is 0 Å². The maximum Gasteiger partial charge on any atom is 0.220 e. The molecular weight excluding hydrogens is 903 g/mol. The maximum atomic E-state index is 12.5. The lowest BCUT2D eigenvalue weighted by molar-refractivity contribution is -0.123. The van der Waals surface area contributed by atoms with Crippen molar-refractivity contribution >= 4 is 5.91 Å². The second kappa shape index (κ2) is 64.3. The molecule has 74 heavy (non-hydrogen) atoms. The van der Waals surface area contributed by atoms with Crippen molar-refractivity contribution in [3.05, 3.63) is 109 Å². The Hall–Kier alpha value is -2.95. The molecule has 2 unspecified atom stereocenters. The summed E-state index contributed by atoms with van der Waals surface area (Å²) in [6.45, 7) is 4.26. The number of hydrogen-bond donors (Lipinski definition) is 3. The first-order chi connectivity index (χ1) is 36.7. The molecule has 0 aliphatic carbocycles. The first-order valence-corrected chi connectivity index (χ1v) is 32.1. The standard InChI is InChI=1S/C70H123NO3/c1-3-5-7-9-11-13-15-17-19-21-23-25-26-27-28-29-30-31-32-33-34-35-36-37-38-39-40-41-42-43-44-46-48-50-52-54-56-58-60-62-64-66-70(74)71-68(67-72)69(73)65-63-61-59-57-55-53-51-49-47-45-24-22-20-18-16-14-12-10-8-6-4-2/h5,7,11,13,17,19,23,25,27-28,30-31,33-34,36-37,39-40,68-69,72-73H,3-4,6,8-10,12,14-16,18,20-22,24,26,29,32,35,38,41-67H2,1-2H3,(H,71,74)/b7-5-,13-11-,19-17-,25-23-,28-27-,31-30-,34-33-,37-36-,40-39-. The number of rotatable bonds is 58. The molecule has 0 aromatic heterocycles. The molecular formula is C70H123NO3. The summed E-state index contributed by atoms with van der Waals surface area (Å²) in [5.74, 6) is -0.0328. The molecule has 0 radical (unpaired) electrons. The van der Waals surface area contributed by atoms with E-state index in [0.29, 0.717) is 12.8 Å². The Morgan fingerprint density at radius 2 is 0.595 bits per heavy atom. The lowest BCUT2D eigenvalue weighted by atomic mass is 10.0. The number of amides is 1. The van der Waals surface area contributed by atoms with Gasteiger partial charge in [0.25, 0.3) is 0 Å². The van der Waals surface area contributed by atoms with E-state index in [4.69, 9.17) is 0 Å². The Bertz CT molecular complexity index is 1400. The Kier molecular flexibility index (Phi) is 61.8. The van der Waals surface area contributed by atoms with Gasteiger partial charge in [-0.3, -0.25) is 4.79 Å². The lowest BCUT2D eigenvalue weighted by Gasteiger charge is -2.22. The molecule has 0 aromatic carbocycles. The van der Waals surface area contributed by atoms with Crippen LogP contribution in [0, 0.1) is 0 Å². The summed E-state index contributed by atoms with van der Waals surface area (Å²) in [6.07, 6.45) is 96.7. The smallest absolute Gasteiger partial charge is 0.220 e. The molecule has 0 spiro atoms. The number of allylic oxidation sites excluding steroid dienone is 18. The third kappa shape index (κ3) is 59.9. The van der Waals surface area contributed by atoms with Gasteiger partial charge in [0.15, 0.2) is 0 Å². The summed E-state index contributed by atoms with van der Waals surface area (Å²) >= 11 is 0. The minimum absolute atomic E-state index is 0.0328. The van der Waals surface area contributed by atoms with Crippen LogP contribution in [-0.2, 0) is 4.79 Å². The number of carbonyl (C=O) groups excluding carboxylic acids is 1. The average molecular weight is 1030 g/mol. The van der Waals surface area contributed by atoms with E-state index in [1.807, 2.05) is 0 Å². The minimum Gasteiger partial charge on any atom is -0.394 e. The van der Waals surface area contributed by atoms with Gasteiger partial charge in [-0.2, -0.15) is 0 Å². The van der Waals surface area contributed by atoms with Gasteiger partial charge in [-0.05, 0) is 83.5 Å². The molecule has 426 valence electrons. The molecule has 1 amide bonds. The van der Waals surface area contributed by atoms with Gasteiger partial charge in [0, 0.05) is 6.42 Å². The minimum atomic E-state index is -0.666. The highest BCUT2D eigenvalue weighted by Gasteiger charge is 2.20. The van der Waals surface area contributed by atoms with Crippen LogP contribution < -0.4 is 5.32 Å². The fourth-order valence-corrected chi connectivity index (χ4v) is 9.47. The second-order valence-electron chi connectivity index (χ2n) is 21.5. The van der Waals surface area contributed by atoms with Crippen LogP contribution >= 0.6 is 0 Å². The van der Waals surface area contributed by atoms with Gasteiger partial charge in [0.2, 0.25) is 5.91 Å². The molecule has 0 aliphatic heterocycles. The highest BCUT2D eigenvalue weighted by Crippen LogP contribution is 2.17. The summed E-state index contributed by atoms with van der Waals surface area (Å²) in [6, 6.07) is -0.543. The summed E-state index contributed by atoms with van der Waals surface area (Å²) in [4.78, 5) is 12.5. The lowest BCUT2D eigenvalue weighted by Crippen LogP contribution is -2.45. The highest BCUT2D eigenvalue weighted by atomic mass is 16.3. The third-order valence-electron chi connectivity index (χ3n) is 14.3. The van der Waals surface area contributed by atoms with Crippen LogP contribution in [0.3, 0.4) is 0 Å². The number of unbranched alkanes of at least 4 members (excludes halogenated alkanes) is 33. The Balaban J connectivity index is 3.52. The summed E-state index contributed by atoms with van der Waals surface area (Å²) < 4.78 is 0. The van der Waals surface area contributed by atoms with Crippen molar-refractivity contribution < 1.29 is 15.0 Å². The van der Waals surface area contributed by atoms with Crippen LogP contribution in [0.2, 0.25) is 0 Å². The first-order valence-electron chi connectivity index (χ1n) is 32.1. The van der Waals surface area contributed by atoms with Crippen molar-refractivity contribution in [1.82, 2.24) is 5.32 Å². The zero-order chi connectivity index (χ0) is 53.4. The van der Waals surface area contributed by atoms with Crippen LogP contribution in [0.15, 0.2) is 109 Å². The van der Waals surface area contributed by atoms with Crippen LogP contribution in [0.1, 0.15) is 309 Å². The fourth-order valence-electron chi connectivity index (χ4n) is 9.47. The molecule has 0 aromatic rings. The molecule has 0 aliphatic rings. The van der Waals surface area contributed by atoms with Crippen molar-refractivity contribution in [2.24, 2.45) is 0 Å². The molecule has 0 saturated carbocycles. The number of hydrogen-bond acceptors (Lipinski definition) is 3. The zero-order valence-electron chi connectivity index (χ0n) is 49.1. The van der Waals surface area contributed by atoms with Crippen molar-refractivity contribution in [3.63, 3.8) is 0 Å². The monoisotopic (exact) mass is 1030 g/mol. The van der Waals surface area contributed by atoms with Gasteiger partial charge in [-0.1, -0.05) is 329 Å². The first kappa shape index (κ1) is 71.0. The predicted molar refractivity (Wildman–Crippen MR) is 331 cm³/mol. The van der Waals surface area contributed by atoms with E-state index in [1.165, 1.54) is 199 Å². The summed E-state index contributed by atoms with van der Waals surface area (Å²) in [5.41, 5.74) is 0. The van der Waals surface area contributed by atoms with Gasteiger partial charge < -0.3 is 15.5 Å². The van der Waals surface area contributed by atoms with Crippen molar-refractivity contribution in [2.75, 3.05) is 6.61 Å². The fraction of sp³-hybridized carbons (Fsp3) is 0.729. The van der Waals surface area contributed by atoms with Crippen molar-refractivity contribution in [3.8, 4) is 0 Å². The topological polar surface area (TPSA) is 69.6 Å². The quantitative estimate of drug-likeness (QED) is 0.0420. The second-order valence-corrected chi connectivity index (χ2v) is 21.5. The van der Waals surface area contributed by atoms with Crippen LogP contribution in [-0.4, -0.2) is 34.9 Å². The maximum absolute atomic E-state index is 12.5. The third-order valence-corrected chi connectivity index (χ3v) is 14.3. The number of aliphatic hydroxyl groups excluding tert-OH is 2. The summed E-state index contributed by atoms with van der Waals surface area (Å²) in [5, 5.41) is 23.4.